The van der Waals surface area contributed by atoms with Gasteiger partial charge in [-0.3, -0.25) is 10.1 Å². The molecule has 0 aliphatic rings. The van der Waals surface area contributed by atoms with Crippen LogP contribution < -0.4 is 15.0 Å². The van der Waals surface area contributed by atoms with Crippen molar-refractivity contribution in [1.82, 2.24) is 10.2 Å². The van der Waals surface area contributed by atoms with Gasteiger partial charge in [0.2, 0.25) is 16.0 Å². The molecule has 2 rings (SSSR count). The van der Waals surface area contributed by atoms with Gasteiger partial charge in [0.15, 0.2) is 12.4 Å². The SMILES string of the molecule is NS(=O)(=O)c1nnc(NC(=O)C[n+]2ccccc2)s1. The number of hydrogen-bond donors (Lipinski definition) is 2. The number of pyridine rings is 1. The Morgan fingerprint density at radius 3 is 2.58 bits per heavy atom. The van der Waals surface area contributed by atoms with Crippen LogP contribution in [0.25, 0.3) is 0 Å². The average Bonchev–Trinajstić information content (AvgIpc) is 2.78. The highest BCUT2D eigenvalue weighted by atomic mass is 32.2. The van der Waals surface area contributed by atoms with Gasteiger partial charge in [-0.2, -0.15) is 4.57 Å². The lowest BCUT2D eigenvalue weighted by atomic mass is 10.4. The van der Waals surface area contributed by atoms with E-state index in [9.17, 15) is 13.2 Å². The molecule has 0 saturated carbocycles. The van der Waals surface area contributed by atoms with Crippen LogP contribution in [0, 0.1) is 0 Å². The van der Waals surface area contributed by atoms with Crippen molar-refractivity contribution in [2.45, 2.75) is 10.9 Å². The van der Waals surface area contributed by atoms with Crippen molar-refractivity contribution < 1.29 is 17.8 Å². The zero-order chi connectivity index (χ0) is 13.9. The van der Waals surface area contributed by atoms with Gasteiger partial charge in [0.05, 0.1) is 0 Å². The molecule has 10 heteroatoms. The Bertz CT molecular complexity index is 683. The Morgan fingerprint density at radius 2 is 2.00 bits per heavy atom. The van der Waals surface area contributed by atoms with Crippen LogP contribution in [0.5, 0.6) is 0 Å². The third kappa shape index (κ3) is 3.77. The van der Waals surface area contributed by atoms with Crippen LogP contribution in [0.4, 0.5) is 5.13 Å². The average molecular weight is 300 g/mol. The van der Waals surface area contributed by atoms with Crippen LogP contribution in [0.1, 0.15) is 0 Å². The fourth-order valence-electron chi connectivity index (χ4n) is 1.24. The van der Waals surface area contributed by atoms with Gasteiger partial charge >= 0.3 is 0 Å². The molecule has 0 unspecified atom stereocenters. The molecule has 0 saturated heterocycles. The molecule has 0 atom stereocenters. The largest absolute Gasteiger partial charge is 0.295 e. The number of carbonyl (C=O) groups is 1. The summed E-state index contributed by atoms with van der Waals surface area (Å²) in [5, 5.41) is 14.3. The van der Waals surface area contributed by atoms with E-state index in [-0.39, 0.29) is 21.9 Å². The lowest BCUT2D eigenvalue weighted by Crippen LogP contribution is -2.39. The van der Waals surface area contributed by atoms with E-state index in [1.54, 1.807) is 29.1 Å². The number of nitrogens with two attached hydrogens (primary N) is 1. The first-order chi connectivity index (χ1) is 8.95. The second kappa shape index (κ2) is 5.38. The molecule has 3 N–H and O–H groups in total. The Morgan fingerprint density at radius 1 is 1.32 bits per heavy atom. The molecule has 0 bridgehead atoms. The number of carbonyl (C=O) groups excluding carboxylic acids is 1. The lowest BCUT2D eigenvalue weighted by Gasteiger charge is -1.97. The highest BCUT2D eigenvalue weighted by molar-refractivity contribution is 7.91. The Hall–Kier alpha value is -1.91. The number of nitrogens with zero attached hydrogens (tertiary/aromatic N) is 3. The van der Waals surface area contributed by atoms with Gasteiger partial charge in [0.25, 0.3) is 15.9 Å². The minimum Gasteiger partial charge on any atom is -0.295 e. The molecule has 100 valence electrons. The topological polar surface area (TPSA) is 119 Å². The van der Waals surface area contributed by atoms with E-state index in [4.69, 9.17) is 5.14 Å². The van der Waals surface area contributed by atoms with Gasteiger partial charge in [-0.1, -0.05) is 17.4 Å². The molecular weight excluding hydrogens is 290 g/mol. The van der Waals surface area contributed by atoms with E-state index in [1.807, 2.05) is 6.07 Å². The normalized spacial score (nSPS) is 11.2. The monoisotopic (exact) mass is 300 g/mol. The van der Waals surface area contributed by atoms with Crippen molar-refractivity contribution >= 4 is 32.4 Å². The summed E-state index contributed by atoms with van der Waals surface area (Å²) in [5.74, 6) is -0.340. The highest BCUT2D eigenvalue weighted by Gasteiger charge is 2.17. The number of hydrogen-bond acceptors (Lipinski definition) is 6. The summed E-state index contributed by atoms with van der Waals surface area (Å²) in [4.78, 5) is 11.7. The molecule has 0 aromatic carbocycles. The molecule has 0 aliphatic carbocycles. The predicted molar refractivity (Wildman–Crippen MR) is 66.5 cm³/mol. The number of sulfonamides is 1. The second-order valence-corrected chi connectivity index (χ2v) is 6.23. The van der Waals surface area contributed by atoms with Crippen LogP contribution >= 0.6 is 11.3 Å². The lowest BCUT2D eigenvalue weighted by molar-refractivity contribution is -0.684. The van der Waals surface area contributed by atoms with E-state index < -0.39 is 10.0 Å². The number of amides is 1. The number of anilines is 1. The first kappa shape index (κ1) is 13.5. The van der Waals surface area contributed by atoms with Gasteiger partial charge in [0.1, 0.15) is 0 Å². The van der Waals surface area contributed by atoms with E-state index in [0.717, 1.165) is 0 Å². The zero-order valence-electron chi connectivity index (χ0n) is 9.55. The van der Waals surface area contributed by atoms with E-state index in [1.165, 1.54) is 0 Å². The maximum absolute atomic E-state index is 11.7. The summed E-state index contributed by atoms with van der Waals surface area (Å²) in [5.41, 5.74) is 0. The zero-order valence-corrected chi connectivity index (χ0v) is 11.2. The fourth-order valence-corrected chi connectivity index (χ4v) is 2.59. The first-order valence-corrected chi connectivity index (χ1v) is 7.42. The molecule has 2 aromatic heterocycles. The molecule has 8 nitrogen and oxygen atoms in total. The van der Waals surface area contributed by atoms with Crippen molar-refractivity contribution in [3.05, 3.63) is 30.6 Å². The summed E-state index contributed by atoms with van der Waals surface area (Å²) in [6.07, 6.45) is 3.46. The van der Waals surface area contributed by atoms with Gasteiger partial charge < -0.3 is 0 Å². The summed E-state index contributed by atoms with van der Waals surface area (Å²) >= 11 is 0.702. The molecular formula is C9H10N5O3S2+. The second-order valence-electron chi connectivity index (χ2n) is 3.51. The standard InChI is InChI=1S/C9H9N5O3S2/c10-19(16,17)9-13-12-8(18-9)11-7(15)6-14-4-2-1-3-5-14/h1-5H,6H2,(H2-,10,11,12,15,16,17)/p+1. The number of nitrogens with one attached hydrogen (secondary N) is 1. The molecule has 19 heavy (non-hydrogen) atoms. The van der Waals surface area contributed by atoms with Gasteiger partial charge in [0, 0.05) is 12.1 Å². The van der Waals surface area contributed by atoms with E-state index >= 15 is 0 Å². The minimum absolute atomic E-state index is 0.0884. The van der Waals surface area contributed by atoms with Crippen LogP contribution in [-0.2, 0) is 21.4 Å². The minimum atomic E-state index is -3.89. The fraction of sp³-hybridized carbons (Fsp3) is 0.111. The summed E-state index contributed by atoms with van der Waals surface area (Å²) < 4.78 is 23.3. The van der Waals surface area contributed by atoms with Gasteiger partial charge in [-0.05, 0) is 0 Å². The van der Waals surface area contributed by atoms with Crippen molar-refractivity contribution in [3.8, 4) is 0 Å². The summed E-state index contributed by atoms with van der Waals surface area (Å²) in [6, 6.07) is 5.41. The number of rotatable bonds is 4. The highest BCUT2D eigenvalue weighted by Crippen LogP contribution is 2.18. The predicted octanol–water partition coefficient (Wildman–Crippen LogP) is -0.888. The van der Waals surface area contributed by atoms with Crippen LogP contribution in [0.15, 0.2) is 34.9 Å². The van der Waals surface area contributed by atoms with Crippen molar-refractivity contribution in [1.29, 1.82) is 0 Å². The van der Waals surface area contributed by atoms with Gasteiger partial charge in [-0.25, -0.2) is 13.6 Å². The molecule has 0 spiro atoms. The maximum Gasteiger partial charge on any atom is 0.292 e. The molecule has 2 heterocycles. The van der Waals surface area contributed by atoms with E-state index in [2.05, 4.69) is 15.5 Å². The Labute approximate surface area is 113 Å². The quantitative estimate of drug-likeness (QED) is 0.561. The number of primary sulfonamides is 1. The maximum atomic E-state index is 11.7. The summed E-state index contributed by atoms with van der Waals surface area (Å²) in [6.45, 7) is 0.0884. The third-order valence-corrected chi connectivity index (χ3v) is 4.15. The van der Waals surface area contributed by atoms with Crippen LogP contribution in [-0.4, -0.2) is 24.5 Å². The van der Waals surface area contributed by atoms with Crippen LogP contribution in [0.2, 0.25) is 0 Å². The summed E-state index contributed by atoms with van der Waals surface area (Å²) in [7, 11) is -3.89. The van der Waals surface area contributed by atoms with Crippen molar-refractivity contribution in [2.24, 2.45) is 5.14 Å². The molecule has 0 radical (unpaired) electrons. The van der Waals surface area contributed by atoms with E-state index in [0.29, 0.717) is 11.3 Å². The molecule has 2 aromatic rings. The molecule has 1 amide bonds. The number of aromatic nitrogens is 3. The van der Waals surface area contributed by atoms with Gasteiger partial charge in [-0.15, -0.1) is 10.2 Å². The third-order valence-electron chi connectivity index (χ3n) is 2.00. The smallest absolute Gasteiger partial charge is 0.292 e. The van der Waals surface area contributed by atoms with Crippen molar-refractivity contribution in [3.63, 3.8) is 0 Å². The Balaban J connectivity index is 2.02. The Kier molecular flexibility index (Phi) is 3.83. The van der Waals surface area contributed by atoms with Crippen molar-refractivity contribution in [2.75, 3.05) is 5.32 Å². The molecule has 0 aliphatic heterocycles. The van der Waals surface area contributed by atoms with Crippen LogP contribution in [0.3, 0.4) is 0 Å². The first-order valence-electron chi connectivity index (χ1n) is 5.05. The molecule has 0 fully saturated rings.